The number of rotatable bonds is 6. The Bertz CT molecular complexity index is 5210. The summed E-state index contributed by atoms with van der Waals surface area (Å²) in [7, 11) is 0. The lowest BCUT2D eigenvalue weighted by Crippen LogP contribution is -2.60. The van der Waals surface area contributed by atoms with E-state index in [0.29, 0.717) is 0 Å². The van der Waals surface area contributed by atoms with Crippen molar-refractivity contribution < 1.29 is 0 Å². The fourth-order valence-corrected chi connectivity index (χ4v) is 15.4. The van der Waals surface area contributed by atoms with Gasteiger partial charge in [-0.15, -0.1) is 0 Å². The second-order valence-corrected chi connectivity index (χ2v) is 30.1. The molecule has 2 aliphatic rings. The maximum Gasteiger partial charge on any atom is 0.252 e. The van der Waals surface area contributed by atoms with Crippen molar-refractivity contribution in [2.75, 3.05) is 4.90 Å². The van der Waals surface area contributed by atoms with Crippen LogP contribution in [0.15, 0.2) is 249 Å². The van der Waals surface area contributed by atoms with E-state index in [1.54, 1.807) is 0 Å². The minimum Gasteiger partial charge on any atom is -0.311 e. The number of anilines is 3. The summed E-state index contributed by atoms with van der Waals surface area (Å²) in [5.74, 6) is 0. The van der Waals surface area contributed by atoms with Gasteiger partial charge in [0.2, 0.25) is 0 Å². The number of hydrogen-bond donors (Lipinski definition) is 0. The molecule has 0 bridgehead atoms. The lowest BCUT2D eigenvalue weighted by molar-refractivity contribution is 0.590. The SMILES string of the molecule is CC(C)(C)c1ccc(-c2cccc(-c3ccc(C(C)(C)C)cc3)c2-c2cc3c4c(c2)-n2c5ccc(-c6ccccc6-c6ccccc6)cc5c5c6c7ccccc7c7ccccc7c6cc(c52)B4c2cc(C(C)(C)C)ccc2N3c2ccc(C(C)(C)C)cc2)cc1. The lowest BCUT2D eigenvalue weighted by Gasteiger charge is -2.41. The average molecular weight is 1170 g/mol. The summed E-state index contributed by atoms with van der Waals surface area (Å²) in [6.45, 7) is 27.8. The molecule has 0 atom stereocenters. The molecule has 0 saturated heterocycles. The molecular formula is C88H77BN2. The van der Waals surface area contributed by atoms with E-state index in [-0.39, 0.29) is 28.4 Å². The molecule has 2 nitrogen and oxygen atoms in total. The minimum absolute atomic E-state index is 0.00606. The number of aromatic nitrogens is 1. The molecule has 0 fully saturated rings. The second-order valence-electron chi connectivity index (χ2n) is 30.1. The largest absolute Gasteiger partial charge is 0.311 e. The van der Waals surface area contributed by atoms with Crippen LogP contribution in [0.5, 0.6) is 0 Å². The van der Waals surface area contributed by atoms with Crippen LogP contribution in [-0.2, 0) is 21.7 Å². The molecule has 2 aliphatic heterocycles. The lowest BCUT2D eigenvalue weighted by atomic mass is 9.33. The normalized spacial score (nSPS) is 13.2. The van der Waals surface area contributed by atoms with Crippen molar-refractivity contribution in [2.24, 2.45) is 0 Å². The van der Waals surface area contributed by atoms with Gasteiger partial charge in [-0.2, -0.15) is 0 Å². The summed E-state index contributed by atoms with van der Waals surface area (Å²) >= 11 is 0. The molecule has 13 aromatic carbocycles. The van der Waals surface area contributed by atoms with Crippen molar-refractivity contribution in [3.63, 3.8) is 0 Å². The van der Waals surface area contributed by atoms with Crippen molar-refractivity contribution >= 4 is 94.3 Å². The second kappa shape index (κ2) is 20.4. The van der Waals surface area contributed by atoms with Crippen LogP contribution in [0.1, 0.15) is 105 Å². The summed E-state index contributed by atoms with van der Waals surface area (Å²) in [6.07, 6.45) is 0. The monoisotopic (exact) mass is 1170 g/mol. The van der Waals surface area contributed by atoms with E-state index in [4.69, 9.17) is 0 Å². The summed E-state index contributed by atoms with van der Waals surface area (Å²) < 4.78 is 2.72. The molecular weight excluding hydrogens is 1100 g/mol. The highest BCUT2D eigenvalue weighted by Crippen LogP contribution is 2.51. The van der Waals surface area contributed by atoms with Gasteiger partial charge in [0.25, 0.3) is 6.71 Å². The van der Waals surface area contributed by atoms with E-state index in [0.717, 1.165) is 5.69 Å². The van der Waals surface area contributed by atoms with Gasteiger partial charge in [-0.1, -0.05) is 289 Å². The first-order chi connectivity index (χ1) is 43.7. The number of fused-ring (bicyclic) bond motifs is 14. The highest BCUT2D eigenvalue weighted by molar-refractivity contribution is 7.00. The third kappa shape index (κ3) is 9.05. The molecule has 0 radical (unpaired) electrons. The molecule has 0 saturated carbocycles. The Morgan fingerprint density at radius 3 is 1.33 bits per heavy atom. The zero-order valence-electron chi connectivity index (χ0n) is 54.6. The van der Waals surface area contributed by atoms with Crippen molar-refractivity contribution in [1.82, 2.24) is 4.57 Å². The van der Waals surface area contributed by atoms with E-state index < -0.39 is 0 Å². The molecule has 0 unspecified atom stereocenters. The summed E-state index contributed by atoms with van der Waals surface area (Å²) in [5, 5.41) is 10.2. The van der Waals surface area contributed by atoms with E-state index in [1.165, 1.54) is 165 Å². The van der Waals surface area contributed by atoms with Gasteiger partial charge in [-0.25, -0.2) is 0 Å². The first kappa shape index (κ1) is 56.5. The van der Waals surface area contributed by atoms with E-state index in [1.807, 2.05) is 0 Å². The molecule has 3 heterocycles. The minimum atomic E-state index is -0.127. The molecule has 0 spiro atoms. The van der Waals surface area contributed by atoms with E-state index >= 15 is 0 Å². The fourth-order valence-electron chi connectivity index (χ4n) is 15.4. The maximum absolute atomic E-state index is 2.72. The Hall–Kier alpha value is -9.70. The number of nitrogens with zero attached hydrogens (tertiary/aromatic N) is 2. The molecule has 442 valence electrons. The molecule has 91 heavy (non-hydrogen) atoms. The summed E-state index contributed by atoms with van der Waals surface area (Å²) in [5.41, 5.74) is 28.4. The first-order valence-corrected chi connectivity index (χ1v) is 32.8. The Morgan fingerprint density at radius 2 is 0.747 bits per heavy atom. The predicted octanol–water partition coefficient (Wildman–Crippen LogP) is 22.4. The smallest absolute Gasteiger partial charge is 0.252 e. The molecule has 0 amide bonds. The van der Waals surface area contributed by atoms with Gasteiger partial charge in [-0.3, -0.25) is 0 Å². The van der Waals surface area contributed by atoms with E-state index in [2.05, 4.69) is 341 Å². The van der Waals surface area contributed by atoms with Crippen LogP contribution in [0.25, 0.3) is 115 Å². The van der Waals surface area contributed by atoms with Crippen LogP contribution in [0.2, 0.25) is 0 Å². The summed E-state index contributed by atoms with van der Waals surface area (Å²) in [4.78, 5) is 2.63. The average Bonchev–Trinajstić information content (AvgIpc) is 1.61. The van der Waals surface area contributed by atoms with Crippen LogP contribution in [0.3, 0.4) is 0 Å². The third-order valence-electron chi connectivity index (χ3n) is 20.2. The topological polar surface area (TPSA) is 8.17 Å². The highest BCUT2D eigenvalue weighted by atomic mass is 15.2. The predicted molar refractivity (Wildman–Crippen MR) is 395 cm³/mol. The quantitative estimate of drug-likeness (QED) is 0.119. The Kier molecular flexibility index (Phi) is 12.7. The van der Waals surface area contributed by atoms with Gasteiger partial charge >= 0.3 is 0 Å². The van der Waals surface area contributed by atoms with E-state index in [9.17, 15) is 0 Å². The third-order valence-corrected chi connectivity index (χ3v) is 20.2. The van der Waals surface area contributed by atoms with Crippen LogP contribution in [-0.4, -0.2) is 11.3 Å². The molecule has 16 rings (SSSR count). The Labute approximate surface area is 537 Å². The zero-order valence-corrected chi connectivity index (χ0v) is 54.6. The van der Waals surface area contributed by atoms with Gasteiger partial charge in [0.05, 0.1) is 11.0 Å². The van der Waals surface area contributed by atoms with Gasteiger partial charge in [0.1, 0.15) is 0 Å². The highest BCUT2D eigenvalue weighted by Gasteiger charge is 2.44. The number of hydrogen-bond acceptors (Lipinski definition) is 1. The fraction of sp³-hybridized carbons (Fsp3) is 0.182. The van der Waals surface area contributed by atoms with Gasteiger partial charge < -0.3 is 9.47 Å². The van der Waals surface area contributed by atoms with Crippen LogP contribution >= 0.6 is 0 Å². The van der Waals surface area contributed by atoms with Crippen LogP contribution in [0, 0.1) is 0 Å². The molecule has 0 N–H and O–H groups in total. The van der Waals surface area contributed by atoms with Gasteiger partial charge in [0.15, 0.2) is 0 Å². The van der Waals surface area contributed by atoms with Crippen molar-refractivity contribution in [3.05, 3.63) is 271 Å². The molecule has 14 aromatic rings. The summed E-state index contributed by atoms with van der Waals surface area (Å²) in [6, 6.07) is 96.2. The standard InChI is InChI=1S/C88H77BN2/c1-85(2,3)59-38-33-55(34-39-59)66-31-22-32-67(56-35-40-60(41-36-56)86(4,5)6)80(66)58-50-78-83-79(51-58)91-76-47-37-57(65-26-17-16-25-64(65)54-23-14-13-15-24-54)49-73(76)82-81-71-30-21-20-28-69(71)68-27-18-19-29-70(68)72(81)53-75(84(82)91)89(83)74-52-62(88(10,11)12)44-48-77(74)90(78)63-45-42-61(43-46-63)87(7,8)9/h13-53H,1-12H3. The van der Waals surface area contributed by atoms with Crippen molar-refractivity contribution in [1.29, 1.82) is 0 Å². The molecule has 0 aliphatic carbocycles. The van der Waals surface area contributed by atoms with Crippen molar-refractivity contribution in [2.45, 2.75) is 105 Å². The Balaban J connectivity index is 1.10. The van der Waals surface area contributed by atoms with Gasteiger partial charge in [0, 0.05) is 38.9 Å². The maximum atomic E-state index is 2.72. The van der Waals surface area contributed by atoms with Gasteiger partial charge in [-0.05, 0) is 185 Å². The Morgan fingerprint density at radius 1 is 0.286 bits per heavy atom. The molecule has 1 aromatic heterocycles. The first-order valence-electron chi connectivity index (χ1n) is 32.8. The van der Waals surface area contributed by atoms with Crippen LogP contribution in [0.4, 0.5) is 17.1 Å². The van der Waals surface area contributed by atoms with Crippen molar-refractivity contribution in [3.8, 4) is 61.3 Å². The number of benzene rings is 13. The molecule has 3 heteroatoms. The van der Waals surface area contributed by atoms with Crippen LogP contribution < -0.4 is 21.3 Å². The zero-order chi connectivity index (χ0) is 62.6.